The molecule has 0 saturated carbocycles. The predicted octanol–water partition coefficient (Wildman–Crippen LogP) is 3.23. The number of carbonyl (C=O) groups excluding carboxylic acids is 1. The van der Waals surface area contributed by atoms with Crippen molar-refractivity contribution in [2.75, 3.05) is 0 Å². The quantitative estimate of drug-likeness (QED) is 0.550. The summed E-state index contributed by atoms with van der Waals surface area (Å²) in [6.07, 6.45) is 0. The van der Waals surface area contributed by atoms with Gasteiger partial charge in [-0.15, -0.1) is 10.2 Å². The first kappa shape index (κ1) is 15.5. The maximum atomic E-state index is 12.7. The summed E-state index contributed by atoms with van der Waals surface area (Å²) in [5, 5.41) is 17.7. The number of nitrogens with one attached hydrogen (secondary N) is 2. The molecule has 1 atom stereocenters. The highest BCUT2D eigenvalue weighted by molar-refractivity contribution is 9.10. The molecular formula is C17H12BrN5O2. The van der Waals surface area contributed by atoms with Gasteiger partial charge in [-0.05, 0) is 29.8 Å². The fourth-order valence-electron chi connectivity index (χ4n) is 2.56. The number of aromatic amines is 1. The van der Waals surface area contributed by atoms with Gasteiger partial charge in [0.15, 0.2) is 5.76 Å². The zero-order chi connectivity index (χ0) is 17.2. The molecule has 1 amide bonds. The van der Waals surface area contributed by atoms with Crippen molar-refractivity contribution in [3.8, 4) is 0 Å². The molecule has 0 fully saturated rings. The maximum absolute atomic E-state index is 12.7. The van der Waals surface area contributed by atoms with E-state index >= 15 is 0 Å². The lowest BCUT2D eigenvalue weighted by molar-refractivity contribution is 0.0916. The lowest BCUT2D eigenvalue weighted by Gasteiger charge is -2.14. The van der Waals surface area contributed by atoms with E-state index in [1.807, 2.05) is 48.5 Å². The molecule has 0 aliphatic carbocycles. The highest BCUT2D eigenvalue weighted by atomic mass is 79.9. The summed E-state index contributed by atoms with van der Waals surface area (Å²) in [6.45, 7) is 0. The van der Waals surface area contributed by atoms with Crippen molar-refractivity contribution >= 4 is 32.8 Å². The van der Waals surface area contributed by atoms with Gasteiger partial charge in [0.05, 0.1) is 0 Å². The first-order chi connectivity index (χ1) is 12.2. The third-order valence-corrected chi connectivity index (χ3v) is 4.22. The van der Waals surface area contributed by atoms with E-state index in [-0.39, 0.29) is 11.7 Å². The van der Waals surface area contributed by atoms with Gasteiger partial charge in [0.1, 0.15) is 11.6 Å². The summed E-state index contributed by atoms with van der Waals surface area (Å²) >= 11 is 3.41. The first-order valence-electron chi connectivity index (χ1n) is 7.49. The van der Waals surface area contributed by atoms with Gasteiger partial charge in [0.25, 0.3) is 5.91 Å². The van der Waals surface area contributed by atoms with Crippen molar-refractivity contribution in [1.29, 1.82) is 0 Å². The predicted molar refractivity (Wildman–Crippen MR) is 93.8 cm³/mol. The molecule has 0 bridgehead atoms. The Kier molecular flexibility index (Phi) is 4.02. The normalized spacial score (nSPS) is 12.2. The number of hydrogen-bond donors (Lipinski definition) is 2. The van der Waals surface area contributed by atoms with Crippen molar-refractivity contribution < 1.29 is 9.21 Å². The number of halogens is 1. The van der Waals surface area contributed by atoms with Gasteiger partial charge in [-0.3, -0.25) is 4.79 Å². The lowest BCUT2D eigenvalue weighted by atomic mass is 10.1. The fraction of sp³-hybridized carbons (Fsp3) is 0.0588. The van der Waals surface area contributed by atoms with Gasteiger partial charge in [-0.1, -0.05) is 51.5 Å². The van der Waals surface area contributed by atoms with Gasteiger partial charge < -0.3 is 9.73 Å². The molecule has 7 nitrogen and oxygen atoms in total. The molecule has 2 heterocycles. The van der Waals surface area contributed by atoms with Crippen LogP contribution in [0.3, 0.4) is 0 Å². The molecule has 4 rings (SSSR count). The van der Waals surface area contributed by atoms with Gasteiger partial charge in [-0.2, -0.15) is 5.21 Å². The van der Waals surface area contributed by atoms with E-state index in [0.29, 0.717) is 11.4 Å². The Balaban J connectivity index is 1.66. The first-order valence-corrected chi connectivity index (χ1v) is 8.28. The molecule has 0 aliphatic heterocycles. The van der Waals surface area contributed by atoms with Crippen LogP contribution in [0.25, 0.3) is 11.0 Å². The Labute approximate surface area is 150 Å². The second kappa shape index (κ2) is 6.48. The molecular weight excluding hydrogens is 386 g/mol. The van der Waals surface area contributed by atoms with Crippen LogP contribution in [0.15, 0.2) is 63.5 Å². The van der Waals surface area contributed by atoms with Crippen LogP contribution >= 0.6 is 15.9 Å². The van der Waals surface area contributed by atoms with Gasteiger partial charge in [0.2, 0.25) is 5.82 Å². The molecule has 2 N–H and O–H groups in total. The molecule has 8 heteroatoms. The second-order valence-corrected chi connectivity index (χ2v) is 6.30. The maximum Gasteiger partial charge on any atom is 0.287 e. The van der Waals surface area contributed by atoms with Gasteiger partial charge in [-0.25, -0.2) is 0 Å². The average Bonchev–Trinajstić information content (AvgIpc) is 3.29. The SMILES string of the molecule is O=C(NC(c1ccccc1)c1nn[nH]n1)c1cc2cc(Br)ccc2o1. The second-order valence-electron chi connectivity index (χ2n) is 5.38. The number of carbonyl (C=O) groups is 1. The summed E-state index contributed by atoms with van der Waals surface area (Å²) < 4.78 is 6.56. The number of tetrazole rings is 1. The third kappa shape index (κ3) is 3.16. The number of fused-ring (bicyclic) bond motifs is 1. The fourth-order valence-corrected chi connectivity index (χ4v) is 2.94. The van der Waals surface area contributed by atoms with Crippen LogP contribution in [0.2, 0.25) is 0 Å². The monoisotopic (exact) mass is 397 g/mol. The molecule has 1 unspecified atom stereocenters. The molecule has 2 aromatic carbocycles. The van der Waals surface area contributed by atoms with Crippen LogP contribution < -0.4 is 5.32 Å². The molecule has 0 radical (unpaired) electrons. The van der Waals surface area contributed by atoms with Crippen molar-refractivity contribution in [3.63, 3.8) is 0 Å². The number of aromatic nitrogens is 4. The summed E-state index contributed by atoms with van der Waals surface area (Å²) in [4.78, 5) is 12.7. The van der Waals surface area contributed by atoms with Gasteiger partial charge in [0, 0.05) is 9.86 Å². The number of rotatable bonds is 4. The van der Waals surface area contributed by atoms with Crippen LogP contribution in [-0.2, 0) is 0 Å². The summed E-state index contributed by atoms with van der Waals surface area (Å²) in [5.41, 5.74) is 1.49. The van der Waals surface area contributed by atoms with Crippen LogP contribution in [0, 0.1) is 0 Å². The highest BCUT2D eigenvalue weighted by Gasteiger charge is 2.23. The van der Waals surface area contributed by atoms with Crippen LogP contribution in [0.5, 0.6) is 0 Å². The molecule has 0 saturated heterocycles. The van der Waals surface area contributed by atoms with Gasteiger partial charge >= 0.3 is 0 Å². The molecule has 4 aromatic rings. The van der Waals surface area contributed by atoms with E-state index in [9.17, 15) is 4.79 Å². The Bertz CT molecular complexity index is 1010. The molecule has 124 valence electrons. The zero-order valence-corrected chi connectivity index (χ0v) is 14.4. The van der Waals surface area contributed by atoms with E-state index in [1.165, 1.54) is 0 Å². The zero-order valence-electron chi connectivity index (χ0n) is 12.8. The lowest BCUT2D eigenvalue weighted by Crippen LogP contribution is -2.29. The molecule has 2 aromatic heterocycles. The summed E-state index contributed by atoms with van der Waals surface area (Å²) in [7, 11) is 0. The van der Waals surface area contributed by atoms with E-state index in [1.54, 1.807) is 6.07 Å². The summed E-state index contributed by atoms with van der Waals surface area (Å²) in [5.74, 6) is 0.238. The molecule has 0 spiro atoms. The Hall–Kier alpha value is -3.00. The van der Waals surface area contributed by atoms with Crippen LogP contribution in [-0.4, -0.2) is 26.5 Å². The minimum atomic E-state index is -0.535. The largest absolute Gasteiger partial charge is 0.451 e. The van der Waals surface area contributed by atoms with Crippen molar-refractivity contribution in [3.05, 3.63) is 76.2 Å². The van der Waals surface area contributed by atoms with Crippen LogP contribution in [0.1, 0.15) is 28.0 Å². The minimum absolute atomic E-state index is 0.220. The van der Waals surface area contributed by atoms with Crippen molar-refractivity contribution in [2.45, 2.75) is 6.04 Å². The van der Waals surface area contributed by atoms with E-state index < -0.39 is 6.04 Å². The van der Waals surface area contributed by atoms with Crippen molar-refractivity contribution in [1.82, 2.24) is 25.9 Å². The number of nitrogens with zero attached hydrogens (tertiary/aromatic N) is 3. The molecule has 0 aliphatic rings. The number of amides is 1. The smallest absolute Gasteiger partial charge is 0.287 e. The molecule has 25 heavy (non-hydrogen) atoms. The highest BCUT2D eigenvalue weighted by Crippen LogP contribution is 2.24. The Morgan fingerprint density at radius 2 is 2.00 bits per heavy atom. The number of benzene rings is 2. The third-order valence-electron chi connectivity index (χ3n) is 3.73. The standard InChI is InChI=1S/C17H12BrN5O2/c18-12-6-7-13-11(8-12)9-14(25-13)17(24)19-15(16-20-22-23-21-16)10-4-2-1-3-5-10/h1-9,15H,(H,19,24)(H,20,21,22,23). The number of H-pyrrole nitrogens is 1. The average molecular weight is 398 g/mol. The Morgan fingerprint density at radius 3 is 2.76 bits per heavy atom. The minimum Gasteiger partial charge on any atom is -0.451 e. The van der Waals surface area contributed by atoms with E-state index in [0.717, 1.165) is 15.4 Å². The van der Waals surface area contributed by atoms with E-state index in [4.69, 9.17) is 4.42 Å². The van der Waals surface area contributed by atoms with Crippen LogP contribution in [0.4, 0.5) is 0 Å². The van der Waals surface area contributed by atoms with E-state index in [2.05, 4.69) is 41.9 Å². The topological polar surface area (TPSA) is 96.7 Å². The van der Waals surface area contributed by atoms with Crippen molar-refractivity contribution in [2.24, 2.45) is 0 Å². The number of furan rings is 1. The Morgan fingerprint density at radius 1 is 1.16 bits per heavy atom. The summed E-state index contributed by atoms with van der Waals surface area (Å²) in [6, 6.07) is 16.2. The number of hydrogen-bond acceptors (Lipinski definition) is 5.